The second-order valence-corrected chi connectivity index (χ2v) is 5.35. The molecule has 2 rings (SSSR count). The molecule has 1 fully saturated rings. The third-order valence-corrected chi connectivity index (χ3v) is 3.75. The molecule has 0 spiro atoms. The van der Waals surface area contributed by atoms with E-state index in [4.69, 9.17) is 10.5 Å². The summed E-state index contributed by atoms with van der Waals surface area (Å²) in [5.74, 6) is 0.921. The van der Waals surface area contributed by atoms with Crippen LogP contribution in [-0.2, 0) is 6.54 Å². The number of hydrogen-bond donors (Lipinski definition) is 1. The Morgan fingerprint density at radius 1 is 1.37 bits per heavy atom. The Hall–Kier alpha value is -1.10. The number of nitrogens with zero attached hydrogens (tertiary/aromatic N) is 2. The monoisotopic (exact) mass is 263 g/mol. The zero-order valence-corrected chi connectivity index (χ0v) is 12.0. The van der Waals surface area contributed by atoms with E-state index in [9.17, 15) is 0 Å². The predicted molar refractivity (Wildman–Crippen MR) is 78.4 cm³/mol. The predicted octanol–water partition coefficient (Wildman–Crippen LogP) is 1.16. The molecule has 2 N–H and O–H groups in total. The summed E-state index contributed by atoms with van der Waals surface area (Å²) in [6.45, 7) is 7.99. The molecule has 1 aliphatic rings. The Labute approximate surface area is 116 Å². The smallest absolute Gasteiger partial charge is 0.119 e. The summed E-state index contributed by atoms with van der Waals surface area (Å²) in [7, 11) is 2.18. The molecule has 19 heavy (non-hydrogen) atoms. The molecule has 106 valence electrons. The van der Waals surface area contributed by atoms with Crippen molar-refractivity contribution in [1.82, 2.24) is 9.80 Å². The number of hydrogen-bond acceptors (Lipinski definition) is 4. The summed E-state index contributed by atoms with van der Waals surface area (Å²) in [6, 6.07) is 8.64. The minimum Gasteiger partial charge on any atom is -0.492 e. The molecule has 1 saturated heterocycles. The van der Waals surface area contributed by atoms with Gasteiger partial charge in [0.2, 0.25) is 0 Å². The second-order valence-electron chi connectivity index (χ2n) is 5.35. The van der Waals surface area contributed by atoms with Gasteiger partial charge in [0.15, 0.2) is 0 Å². The normalized spacial score (nSPS) is 21.5. The molecule has 1 atom stereocenters. The van der Waals surface area contributed by atoms with E-state index in [2.05, 4.69) is 23.8 Å². The van der Waals surface area contributed by atoms with E-state index in [0.29, 0.717) is 12.6 Å². The summed E-state index contributed by atoms with van der Waals surface area (Å²) in [6.07, 6.45) is 0. The molecule has 0 aliphatic carbocycles. The minimum absolute atomic E-state index is 0.562. The zero-order chi connectivity index (χ0) is 13.7. The van der Waals surface area contributed by atoms with Crippen molar-refractivity contribution in [2.24, 2.45) is 5.73 Å². The van der Waals surface area contributed by atoms with Crippen LogP contribution in [0.2, 0.25) is 0 Å². The number of piperazine rings is 1. The van der Waals surface area contributed by atoms with Gasteiger partial charge in [-0.3, -0.25) is 4.90 Å². The SMILES string of the molecule is CC1CN(C)CCN1CCOc1cccc(CN)c1. The number of likely N-dealkylation sites (N-methyl/N-ethyl adjacent to an activating group) is 1. The number of nitrogens with two attached hydrogens (primary N) is 1. The highest BCUT2D eigenvalue weighted by Crippen LogP contribution is 2.13. The summed E-state index contributed by atoms with van der Waals surface area (Å²) < 4.78 is 5.82. The molecule has 4 heteroatoms. The number of benzene rings is 1. The van der Waals surface area contributed by atoms with Gasteiger partial charge >= 0.3 is 0 Å². The Morgan fingerprint density at radius 2 is 2.21 bits per heavy atom. The maximum absolute atomic E-state index is 5.82. The molecular formula is C15H25N3O. The van der Waals surface area contributed by atoms with E-state index in [1.54, 1.807) is 0 Å². The lowest BCUT2D eigenvalue weighted by Crippen LogP contribution is -2.51. The Bertz CT molecular complexity index is 397. The van der Waals surface area contributed by atoms with E-state index < -0.39 is 0 Å². The van der Waals surface area contributed by atoms with Gasteiger partial charge in [0.05, 0.1) is 0 Å². The molecule has 0 amide bonds. The van der Waals surface area contributed by atoms with Crippen molar-refractivity contribution < 1.29 is 4.74 Å². The molecule has 0 aromatic heterocycles. The Balaban J connectivity index is 1.76. The first-order chi connectivity index (χ1) is 9.19. The van der Waals surface area contributed by atoms with Crippen LogP contribution in [0.25, 0.3) is 0 Å². The van der Waals surface area contributed by atoms with Crippen molar-refractivity contribution in [3.05, 3.63) is 29.8 Å². The molecule has 1 aromatic carbocycles. The van der Waals surface area contributed by atoms with Crippen LogP contribution in [0.1, 0.15) is 12.5 Å². The van der Waals surface area contributed by atoms with E-state index in [1.807, 2.05) is 24.3 Å². The fourth-order valence-electron chi connectivity index (χ4n) is 2.55. The average molecular weight is 263 g/mol. The average Bonchev–Trinajstić information content (AvgIpc) is 2.41. The summed E-state index contributed by atoms with van der Waals surface area (Å²) in [5.41, 5.74) is 6.74. The van der Waals surface area contributed by atoms with Gasteiger partial charge in [0, 0.05) is 38.8 Å². The second kappa shape index (κ2) is 6.89. The van der Waals surface area contributed by atoms with Crippen LogP contribution in [0.3, 0.4) is 0 Å². The highest BCUT2D eigenvalue weighted by molar-refractivity contribution is 5.28. The van der Waals surface area contributed by atoms with Crippen LogP contribution in [0.4, 0.5) is 0 Å². The lowest BCUT2D eigenvalue weighted by Gasteiger charge is -2.38. The van der Waals surface area contributed by atoms with Gasteiger partial charge < -0.3 is 15.4 Å². The van der Waals surface area contributed by atoms with Gasteiger partial charge in [0.1, 0.15) is 12.4 Å². The highest BCUT2D eigenvalue weighted by Gasteiger charge is 2.20. The first kappa shape index (κ1) is 14.3. The van der Waals surface area contributed by atoms with Crippen molar-refractivity contribution in [1.29, 1.82) is 0 Å². The summed E-state index contributed by atoms with van der Waals surface area (Å²) in [4.78, 5) is 4.87. The van der Waals surface area contributed by atoms with Crippen LogP contribution in [0.5, 0.6) is 5.75 Å². The topological polar surface area (TPSA) is 41.7 Å². The van der Waals surface area contributed by atoms with Gasteiger partial charge in [-0.2, -0.15) is 0 Å². The summed E-state index contributed by atoms with van der Waals surface area (Å²) >= 11 is 0. The third kappa shape index (κ3) is 4.20. The minimum atomic E-state index is 0.562. The molecule has 1 unspecified atom stereocenters. The van der Waals surface area contributed by atoms with Crippen molar-refractivity contribution in [2.45, 2.75) is 19.5 Å². The fourth-order valence-corrected chi connectivity index (χ4v) is 2.55. The van der Waals surface area contributed by atoms with Crippen LogP contribution >= 0.6 is 0 Å². The molecular weight excluding hydrogens is 238 g/mol. The lowest BCUT2D eigenvalue weighted by molar-refractivity contribution is 0.0858. The van der Waals surface area contributed by atoms with Gasteiger partial charge in [-0.1, -0.05) is 12.1 Å². The van der Waals surface area contributed by atoms with Crippen molar-refractivity contribution in [3.8, 4) is 5.75 Å². The van der Waals surface area contributed by atoms with Crippen molar-refractivity contribution in [3.63, 3.8) is 0 Å². The summed E-state index contributed by atoms with van der Waals surface area (Å²) in [5, 5.41) is 0. The van der Waals surface area contributed by atoms with Crippen LogP contribution in [-0.4, -0.2) is 55.7 Å². The van der Waals surface area contributed by atoms with Crippen molar-refractivity contribution in [2.75, 3.05) is 39.8 Å². The Kier molecular flexibility index (Phi) is 5.19. The molecule has 1 heterocycles. The standard InChI is InChI=1S/C15H25N3O/c1-13-12-17(2)6-7-18(13)8-9-19-15-5-3-4-14(10-15)11-16/h3-5,10,13H,6-9,11-12,16H2,1-2H3. The molecule has 1 aliphatic heterocycles. The van der Waals surface area contributed by atoms with E-state index in [0.717, 1.165) is 44.1 Å². The maximum atomic E-state index is 5.82. The van der Waals surface area contributed by atoms with E-state index in [-0.39, 0.29) is 0 Å². The fraction of sp³-hybridized carbons (Fsp3) is 0.600. The largest absolute Gasteiger partial charge is 0.492 e. The molecule has 4 nitrogen and oxygen atoms in total. The van der Waals surface area contributed by atoms with Crippen molar-refractivity contribution >= 4 is 0 Å². The highest BCUT2D eigenvalue weighted by atomic mass is 16.5. The van der Waals surface area contributed by atoms with Crippen LogP contribution < -0.4 is 10.5 Å². The van der Waals surface area contributed by atoms with Gasteiger partial charge in [0.25, 0.3) is 0 Å². The molecule has 0 saturated carbocycles. The quantitative estimate of drug-likeness (QED) is 0.865. The maximum Gasteiger partial charge on any atom is 0.119 e. The third-order valence-electron chi connectivity index (χ3n) is 3.75. The van der Waals surface area contributed by atoms with Crippen LogP contribution in [0.15, 0.2) is 24.3 Å². The van der Waals surface area contributed by atoms with Gasteiger partial charge in [-0.05, 0) is 31.7 Å². The van der Waals surface area contributed by atoms with Gasteiger partial charge in [-0.25, -0.2) is 0 Å². The number of rotatable bonds is 5. The Morgan fingerprint density at radius 3 is 2.95 bits per heavy atom. The van der Waals surface area contributed by atoms with E-state index in [1.165, 1.54) is 0 Å². The first-order valence-electron chi connectivity index (χ1n) is 7.03. The molecule has 0 bridgehead atoms. The lowest BCUT2D eigenvalue weighted by atomic mass is 10.2. The molecule has 0 radical (unpaired) electrons. The zero-order valence-electron chi connectivity index (χ0n) is 12.0. The van der Waals surface area contributed by atoms with Crippen LogP contribution in [0, 0.1) is 0 Å². The molecule has 1 aromatic rings. The van der Waals surface area contributed by atoms with E-state index >= 15 is 0 Å². The van der Waals surface area contributed by atoms with Gasteiger partial charge in [-0.15, -0.1) is 0 Å². The first-order valence-corrected chi connectivity index (χ1v) is 7.03. The number of ether oxygens (including phenoxy) is 1.